The number of hydrogen-bond acceptors (Lipinski definition) is 7. The van der Waals surface area contributed by atoms with Crippen LogP contribution >= 0.6 is 0 Å². The van der Waals surface area contributed by atoms with Crippen LogP contribution in [-0.4, -0.2) is 75.5 Å². The van der Waals surface area contributed by atoms with Crippen molar-refractivity contribution in [3.05, 3.63) is 12.2 Å². The minimum Gasteiger partial charge on any atom is -0.544 e. The van der Waals surface area contributed by atoms with Gasteiger partial charge >= 0.3 is 11.9 Å². The zero-order valence-corrected chi connectivity index (χ0v) is 29.8. The monoisotopic (exact) mass is 640 g/mol. The van der Waals surface area contributed by atoms with E-state index in [4.69, 9.17) is 14.2 Å². The van der Waals surface area contributed by atoms with E-state index in [1.807, 2.05) is 0 Å². The Hall–Kier alpha value is -1.93. The van der Waals surface area contributed by atoms with Crippen molar-refractivity contribution >= 4 is 17.9 Å². The molecule has 0 fully saturated rings. The molecule has 0 amide bonds. The van der Waals surface area contributed by atoms with Crippen LogP contribution in [-0.2, 0) is 28.6 Å². The molecule has 0 bridgehead atoms. The van der Waals surface area contributed by atoms with Crippen molar-refractivity contribution in [2.45, 2.75) is 167 Å². The molecule has 0 aromatic heterocycles. The number of hydrogen-bond donors (Lipinski definition) is 0. The smallest absolute Gasteiger partial charge is 0.306 e. The minimum absolute atomic E-state index is 0.0368. The summed E-state index contributed by atoms with van der Waals surface area (Å²) in [6, 6.07) is -0.722. The first-order chi connectivity index (χ1) is 21.6. The van der Waals surface area contributed by atoms with E-state index in [0.717, 1.165) is 32.1 Å². The molecule has 45 heavy (non-hydrogen) atoms. The van der Waals surface area contributed by atoms with E-state index in [9.17, 15) is 19.5 Å². The molecule has 0 radical (unpaired) electrons. The molecule has 0 heterocycles. The van der Waals surface area contributed by atoms with Crippen LogP contribution in [0.15, 0.2) is 12.2 Å². The molecule has 0 aromatic rings. The van der Waals surface area contributed by atoms with E-state index in [-0.39, 0.29) is 42.7 Å². The summed E-state index contributed by atoms with van der Waals surface area (Å²) in [6.45, 7) is 4.58. The Morgan fingerprint density at radius 2 is 1.13 bits per heavy atom. The maximum atomic E-state index is 12.6. The Kier molecular flexibility index (Phi) is 28.2. The molecule has 264 valence electrons. The van der Waals surface area contributed by atoms with Crippen LogP contribution in [0.25, 0.3) is 0 Å². The summed E-state index contributed by atoms with van der Waals surface area (Å²) < 4.78 is 17.0. The summed E-state index contributed by atoms with van der Waals surface area (Å²) in [5.74, 6) is -1.78. The number of aliphatic carboxylic acids is 1. The molecule has 0 rings (SSSR count). The molecule has 8 heteroatoms. The zero-order valence-electron chi connectivity index (χ0n) is 29.8. The van der Waals surface area contributed by atoms with Crippen molar-refractivity contribution in [1.29, 1.82) is 0 Å². The Labute approximate surface area is 276 Å². The first-order valence-electron chi connectivity index (χ1n) is 18.2. The van der Waals surface area contributed by atoms with E-state index in [0.29, 0.717) is 19.3 Å². The highest BCUT2D eigenvalue weighted by atomic mass is 16.6. The number of allylic oxidation sites excluding steroid dienone is 2. The standard InChI is InChI=1S/C37H69NO7/c1-6-8-10-12-14-16-17-18-20-22-24-26-28-36(40)45-33(31-43-30-29-34(37(41)42)38(3,4)5)32-44-35(39)27-25-23-21-19-15-13-11-9-7-2/h19,21,33-34H,6-18,20,22-32H2,1-5H3/b21-19+. The van der Waals surface area contributed by atoms with E-state index >= 15 is 0 Å². The topological polar surface area (TPSA) is 102 Å². The van der Waals surface area contributed by atoms with Crippen LogP contribution in [0.3, 0.4) is 0 Å². The fourth-order valence-corrected chi connectivity index (χ4v) is 5.25. The van der Waals surface area contributed by atoms with Crippen molar-refractivity contribution in [2.75, 3.05) is 41.0 Å². The van der Waals surface area contributed by atoms with Crippen molar-refractivity contribution in [2.24, 2.45) is 0 Å². The van der Waals surface area contributed by atoms with Crippen LogP contribution in [0, 0.1) is 0 Å². The molecule has 0 N–H and O–H groups in total. The number of carbonyl (C=O) groups excluding carboxylic acids is 3. The van der Waals surface area contributed by atoms with Crippen molar-refractivity contribution in [3.63, 3.8) is 0 Å². The lowest BCUT2D eigenvalue weighted by Gasteiger charge is -2.34. The van der Waals surface area contributed by atoms with Gasteiger partial charge in [-0.2, -0.15) is 0 Å². The average molecular weight is 640 g/mol. The van der Waals surface area contributed by atoms with Crippen molar-refractivity contribution in [1.82, 2.24) is 0 Å². The van der Waals surface area contributed by atoms with Crippen LogP contribution in [0.2, 0.25) is 0 Å². The number of carbonyl (C=O) groups is 3. The fourth-order valence-electron chi connectivity index (χ4n) is 5.25. The molecule has 8 nitrogen and oxygen atoms in total. The quantitative estimate of drug-likeness (QED) is 0.0326. The van der Waals surface area contributed by atoms with E-state index < -0.39 is 18.1 Å². The van der Waals surface area contributed by atoms with Gasteiger partial charge in [0.05, 0.1) is 40.3 Å². The number of unbranched alkanes of at least 4 members (excludes halogenated alkanes) is 16. The van der Waals surface area contributed by atoms with Gasteiger partial charge < -0.3 is 28.6 Å². The molecule has 0 aliphatic rings. The van der Waals surface area contributed by atoms with Gasteiger partial charge in [0.2, 0.25) is 0 Å². The van der Waals surface area contributed by atoms with Gasteiger partial charge in [-0.1, -0.05) is 116 Å². The number of esters is 2. The van der Waals surface area contributed by atoms with E-state index in [2.05, 4.69) is 26.0 Å². The molecule has 0 aliphatic carbocycles. The lowest BCUT2D eigenvalue weighted by Crippen LogP contribution is -2.55. The second kappa shape index (κ2) is 29.5. The molecular weight excluding hydrogens is 570 g/mol. The average Bonchev–Trinajstić information content (AvgIpc) is 2.98. The van der Waals surface area contributed by atoms with Crippen molar-refractivity contribution < 1.29 is 38.2 Å². The maximum Gasteiger partial charge on any atom is 0.306 e. The van der Waals surface area contributed by atoms with Gasteiger partial charge in [0, 0.05) is 19.3 Å². The van der Waals surface area contributed by atoms with Crippen LogP contribution < -0.4 is 5.11 Å². The van der Waals surface area contributed by atoms with Gasteiger partial charge in [0.1, 0.15) is 12.6 Å². The van der Waals surface area contributed by atoms with Gasteiger partial charge in [-0.05, 0) is 32.1 Å². The van der Waals surface area contributed by atoms with Gasteiger partial charge in [-0.15, -0.1) is 0 Å². The highest BCUT2D eigenvalue weighted by molar-refractivity contribution is 5.70. The number of rotatable bonds is 32. The van der Waals surface area contributed by atoms with Gasteiger partial charge in [0.25, 0.3) is 0 Å². The second-order valence-electron chi connectivity index (χ2n) is 13.5. The van der Waals surface area contributed by atoms with Gasteiger partial charge in [-0.3, -0.25) is 9.59 Å². The SMILES string of the molecule is CCCCCC/C=C/CCCC(=O)OCC(COCCC(C(=O)[O-])[N+](C)(C)C)OC(=O)CCCCCCCCCCCCCC. The summed E-state index contributed by atoms with van der Waals surface area (Å²) in [5, 5.41) is 11.5. The Balaban J connectivity index is 4.47. The predicted octanol–water partition coefficient (Wildman–Crippen LogP) is 7.46. The third-order valence-electron chi connectivity index (χ3n) is 8.15. The Bertz CT molecular complexity index is 762. The zero-order chi connectivity index (χ0) is 33.6. The lowest BCUT2D eigenvalue weighted by atomic mass is 10.0. The number of likely N-dealkylation sites (N-methyl/N-ethyl adjacent to an activating group) is 1. The Morgan fingerprint density at radius 1 is 0.644 bits per heavy atom. The number of ether oxygens (including phenoxy) is 3. The number of quaternary nitrogens is 1. The molecule has 0 aliphatic heterocycles. The third-order valence-corrected chi connectivity index (χ3v) is 8.15. The van der Waals surface area contributed by atoms with Crippen LogP contribution in [0.4, 0.5) is 0 Å². The molecular formula is C37H69NO7. The highest BCUT2D eigenvalue weighted by Crippen LogP contribution is 2.14. The molecule has 0 saturated carbocycles. The second-order valence-corrected chi connectivity index (χ2v) is 13.5. The van der Waals surface area contributed by atoms with Gasteiger partial charge in [0.15, 0.2) is 6.10 Å². The van der Waals surface area contributed by atoms with Crippen LogP contribution in [0.5, 0.6) is 0 Å². The predicted molar refractivity (Wildman–Crippen MR) is 181 cm³/mol. The third kappa shape index (κ3) is 28.1. The van der Waals surface area contributed by atoms with E-state index in [1.165, 1.54) is 83.5 Å². The van der Waals surface area contributed by atoms with Gasteiger partial charge in [-0.25, -0.2) is 0 Å². The molecule has 0 spiro atoms. The summed E-state index contributed by atoms with van der Waals surface area (Å²) in [4.78, 5) is 36.5. The minimum atomic E-state index is -1.13. The molecule has 0 aromatic carbocycles. The normalized spacial score (nSPS) is 13.2. The summed E-state index contributed by atoms with van der Waals surface area (Å²) in [7, 11) is 5.39. The molecule has 2 unspecified atom stereocenters. The van der Waals surface area contributed by atoms with Crippen LogP contribution in [0.1, 0.15) is 155 Å². The molecule has 2 atom stereocenters. The number of carboxylic acid groups (broad SMARTS) is 1. The maximum absolute atomic E-state index is 12.6. The van der Waals surface area contributed by atoms with E-state index in [1.54, 1.807) is 21.1 Å². The summed E-state index contributed by atoms with van der Waals surface area (Å²) in [6.07, 6.45) is 26.7. The fraction of sp³-hybridized carbons (Fsp3) is 0.865. The molecule has 0 saturated heterocycles. The highest BCUT2D eigenvalue weighted by Gasteiger charge is 2.25. The first kappa shape index (κ1) is 43.1. The summed E-state index contributed by atoms with van der Waals surface area (Å²) in [5.41, 5.74) is 0. The summed E-state index contributed by atoms with van der Waals surface area (Å²) >= 11 is 0. The largest absolute Gasteiger partial charge is 0.544 e. The number of nitrogens with zero attached hydrogens (tertiary/aromatic N) is 1. The van der Waals surface area contributed by atoms with Crippen molar-refractivity contribution in [3.8, 4) is 0 Å². The number of carboxylic acids is 1. The Morgan fingerprint density at radius 3 is 1.67 bits per heavy atom. The first-order valence-corrected chi connectivity index (χ1v) is 18.2. The lowest BCUT2D eigenvalue weighted by molar-refractivity contribution is -0.889.